The van der Waals surface area contributed by atoms with Crippen LogP contribution >= 0.6 is 15.9 Å². The van der Waals surface area contributed by atoms with Gasteiger partial charge in [-0.1, -0.05) is 0 Å². The monoisotopic (exact) mass is 263 g/mol. The first-order valence-corrected chi connectivity index (χ1v) is 4.97. The first-order chi connectivity index (χ1) is 6.59. The van der Waals surface area contributed by atoms with Crippen LogP contribution in [0.2, 0.25) is 0 Å². The van der Waals surface area contributed by atoms with Gasteiger partial charge in [0.05, 0.1) is 16.3 Å². The summed E-state index contributed by atoms with van der Waals surface area (Å²) in [6.45, 7) is 0.255. The third kappa shape index (κ3) is 1.50. The van der Waals surface area contributed by atoms with Crippen molar-refractivity contribution >= 4 is 21.6 Å². The van der Waals surface area contributed by atoms with Gasteiger partial charge in [-0.2, -0.15) is 0 Å². The van der Waals surface area contributed by atoms with Gasteiger partial charge in [-0.3, -0.25) is 0 Å². The number of hydrogen-bond donors (Lipinski definition) is 2. The third-order valence-electron chi connectivity index (χ3n) is 2.21. The number of aliphatic hydroxyl groups excluding tert-OH is 1. The van der Waals surface area contributed by atoms with Crippen LogP contribution in [-0.2, 0) is 6.42 Å². The molecule has 0 radical (unpaired) electrons. The maximum atomic E-state index is 13.3. The van der Waals surface area contributed by atoms with Crippen molar-refractivity contribution in [2.24, 2.45) is 0 Å². The highest BCUT2D eigenvalue weighted by Crippen LogP contribution is 2.31. The summed E-state index contributed by atoms with van der Waals surface area (Å²) >= 11 is 2.92. The van der Waals surface area contributed by atoms with Crippen molar-refractivity contribution in [1.29, 1.82) is 0 Å². The van der Waals surface area contributed by atoms with Crippen molar-refractivity contribution in [2.45, 2.75) is 12.5 Å². The fourth-order valence-corrected chi connectivity index (χ4v) is 1.99. The summed E-state index contributed by atoms with van der Waals surface area (Å²) in [4.78, 5) is 0. The molecule has 0 aliphatic carbocycles. The molecule has 0 bridgehead atoms. The molecule has 1 aliphatic rings. The molecule has 5 heteroatoms. The Balaban J connectivity index is 2.54. The quantitative estimate of drug-likeness (QED) is 0.703. The first kappa shape index (κ1) is 9.86. The molecule has 0 saturated heterocycles. The van der Waals surface area contributed by atoms with Gasteiger partial charge in [-0.25, -0.2) is 8.78 Å². The highest BCUT2D eigenvalue weighted by molar-refractivity contribution is 9.10. The highest BCUT2D eigenvalue weighted by atomic mass is 79.9. The number of rotatable bonds is 0. The molecule has 1 aromatic rings. The Morgan fingerprint density at radius 3 is 2.86 bits per heavy atom. The Hall–Kier alpha value is -0.680. The molecule has 0 aromatic heterocycles. The van der Waals surface area contributed by atoms with Gasteiger partial charge >= 0.3 is 0 Å². The van der Waals surface area contributed by atoms with Gasteiger partial charge in [0, 0.05) is 13.0 Å². The zero-order valence-corrected chi connectivity index (χ0v) is 8.74. The van der Waals surface area contributed by atoms with Gasteiger partial charge in [-0.15, -0.1) is 0 Å². The van der Waals surface area contributed by atoms with E-state index in [2.05, 4.69) is 21.2 Å². The second-order valence-electron chi connectivity index (χ2n) is 3.26. The topological polar surface area (TPSA) is 32.3 Å². The predicted molar refractivity (Wildman–Crippen MR) is 52.3 cm³/mol. The molecule has 0 amide bonds. The lowest BCUT2D eigenvalue weighted by Crippen LogP contribution is -2.28. The molecule has 0 spiro atoms. The van der Waals surface area contributed by atoms with Crippen LogP contribution in [0.15, 0.2) is 10.5 Å². The third-order valence-corrected chi connectivity index (χ3v) is 2.79. The molecule has 1 atom stereocenters. The van der Waals surface area contributed by atoms with E-state index in [4.69, 9.17) is 0 Å². The average molecular weight is 264 g/mol. The molecule has 1 aliphatic heterocycles. The molecule has 76 valence electrons. The summed E-state index contributed by atoms with van der Waals surface area (Å²) in [5.41, 5.74) is 0.755. The van der Waals surface area contributed by atoms with Crippen molar-refractivity contribution in [3.63, 3.8) is 0 Å². The van der Waals surface area contributed by atoms with Crippen LogP contribution in [0.1, 0.15) is 5.56 Å². The summed E-state index contributed by atoms with van der Waals surface area (Å²) < 4.78 is 26.5. The van der Waals surface area contributed by atoms with Gasteiger partial charge in [0.25, 0.3) is 0 Å². The lowest BCUT2D eigenvalue weighted by molar-refractivity contribution is 0.184. The number of β-amino-alcohol motifs (C(OH)–C–C–N with tert-alkyl or cyclic N) is 1. The molecule has 0 saturated carbocycles. The summed E-state index contributed by atoms with van der Waals surface area (Å²) in [5, 5.41) is 12.0. The van der Waals surface area contributed by atoms with Crippen LogP contribution in [-0.4, -0.2) is 17.8 Å². The van der Waals surface area contributed by atoms with Crippen LogP contribution in [0.4, 0.5) is 14.5 Å². The van der Waals surface area contributed by atoms with E-state index in [0.29, 0.717) is 12.0 Å². The second-order valence-corrected chi connectivity index (χ2v) is 4.11. The molecule has 2 nitrogen and oxygen atoms in total. The number of hydrogen-bond acceptors (Lipinski definition) is 2. The maximum Gasteiger partial charge on any atom is 0.183 e. The molecule has 2 N–H and O–H groups in total. The number of anilines is 1. The van der Waals surface area contributed by atoms with Gasteiger partial charge < -0.3 is 10.4 Å². The molecule has 2 rings (SSSR count). The minimum absolute atomic E-state index is 0.0876. The van der Waals surface area contributed by atoms with Crippen molar-refractivity contribution in [1.82, 2.24) is 0 Å². The fraction of sp³-hybridized carbons (Fsp3) is 0.333. The largest absolute Gasteiger partial charge is 0.391 e. The SMILES string of the molecule is OC1CNc2c(cc(Br)c(F)c2F)C1. The molecule has 1 aromatic carbocycles. The van der Waals surface area contributed by atoms with Crippen molar-refractivity contribution in [3.8, 4) is 0 Å². The summed E-state index contributed by atoms with van der Waals surface area (Å²) in [6, 6.07) is 1.49. The van der Waals surface area contributed by atoms with E-state index in [1.54, 1.807) is 0 Å². The number of benzene rings is 1. The van der Waals surface area contributed by atoms with E-state index >= 15 is 0 Å². The van der Waals surface area contributed by atoms with Crippen LogP contribution < -0.4 is 5.32 Å². The maximum absolute atomic E-state index is 13.3. The van der Waals surface area contributed by atoms with Crippen LogP contribution in [0.3, 0.4) is 0 Å². The Kier molecular flexibility index (Phi) is 2.45. The predicted octanol–water partition coefficient (Wildman–Crippen LogP) is 2.06. The van der Waals surface area contributed by atoms with E-state index in [0.717, 1.165) is 0 Å². The smallest absolute Gasteiger partial charge is 0.183 e. The van der Waals surface area contributed by atoms with Gasteiger partial charge in [0.1, 0.15) is 0 Å². The molecule has 1 unspecified atom stereocenters. The number of nitrogens with one attached hydrogen (secondary N) is 1. The number of fused-ring (bicyclic) bond motifs is 1. The van der Waals surface area contributed by atoms with Crippen LogP contribution in [0.25, 0.3) is 0 Å². The van der Waals surface area contributed by atoms with Gasteiger partial charge in [0.15, 0.2) is 11.6 Å². The average Bonchev–Trinajstić information content (AvgIpc) is 2.14. The standard InChI is InChI=1S/C9H8BrF2NO/c10-6-2-4-1-5(14)3-13-9(4)8(12)7(6)11/h2,5,13-14H,1,3H2. The minimum atomic E-state index is -0.896. The molecule has 14 heavy (non-hydrogen) atoms. The first-order valence-electron chi connectivity index (χ1n) is 4.18. The fourth-order valence-electron chi connectivity index (χ4n) is 1.54. The van der Waals surface area contributed by atoms with Crippen LogP contribution in [0, 0.1) is 11.6 Å². The van der Waals surface area contributed by atoms with Gasteiger partial charge in [-0.05, 0) is 27.6 Å². The Bertz CT molecular complexity index is 384. The Labute approximate surface area is 88.1 Å². The van der Waals surface area contributed by atoms with E-state index in [-0.39, 0.29) is 16.7 Å². The Morgan fingerprint density at radius 2 is 2.14 bits per heavy atom. The molecule has 0 fully saturated rings. The van der Waals surface area contributed by atoms with Crippen LogP contribution in [0.5, 0.6) is 0 Å². The van der Waals surface area contributed by atoms with E-state index in [1.807, 2.05) is 0 Å². The zero-order valence-electron chi connectivity index (χ0n) is 7.15. The number of aliphatic hydroxyl groups is 1. The minimum Gasteiger partial charge on any atom is -0.391 e. The van der Waals surface area contributed by atoms with E-state index < -0.39 is 17.7 Å². The summed E-state index contributed by atoms with van der Waals surface area (Å²) in [5.74, 6) is -1.78. The Morgan fingerprint density at radius 1 is 1.43 bits per heavy atom. The molecular formula is C9H8BrF2NO. The van der Waals surface area contributed by atoms with Crippen molar-refractivity contribution in [3.05, 3.63) is 27.7 Å². The summed E-state index contributed by atoms with van der Waals surface area (Å²) in [7, 11) is 0. The molecular weight excluding hydrogens is 256 g/mol. The normalized spacial score (nSPS) is 20.1. The molecule has 1 heterocycles. The lowest BCUT2D eigenvalue weighted by atomic mass is 10.0. The lowest BCUT2D eigenvalue weighted by Gasteiger charge is -2.23. The summed E-state index contributed by atoms with van der Waals surface area (Å²) in [6.07, 6.45) is -0.197. The van der Waals surface area contributed by atoms with Crippen molar-refractivity contribution < 1.29 is 13.9 Å². The van der Waals surface area contributed by atoms with E-state index in [1.165, 1.54) is 6.07 Å². The zero-order chi connectivity index (χ0) is 10.3. The van der Waals surface area contributed by atoms with E-state index in [9.17, 15) is 13.9 Å². The van der Waals surface area contributed by atoms with Gasteiger partial charge in [0.2, 0.25) is 0 Å². The second kappa shape index (κ2) is 3.47. The highest BCUT2D eigenvalue weighted by Gasteiger charge is 2.23. The van der Waals surface area contributed by atoms with Crippen molar-refractivity contribution in [2.75, 3.05) is 11.9 Å². The number of halogens is 3.